The van der Waals surface area contributed by atoms with Gasteiger partial charge in [0.25, 0.3) is 5.91 Å². The first-order valence-corrected chi connectivity index (χ1v) is 7.82. The summed E-state index contributed by atoms with van der Waals surface area (Å²) in [5, 5.41) is 10.7. The third kappa shape index (κ3) is 4.15. The molecule has 130 valence electrons. The lowest BCUT2D eigenvalue weighted by Crippen LogP contribution is -2.36. The van der Waals surface area contributed by atoms with E-state index in [0.29, 0.717) is 24.8 Å². The molecule has 24 heavy (non-hydrogen) atoms. The van der Waals surface area contributed by atoms with Crippen molar-refractivity contribution in [2.75, 3.05) is 6.54 Å². The van der Waals surface area contributed by atoms with Gasteiger partial charge < -0.3 is 20.8 Å². The zero-order valence-electron chi connectivity index (χ0n) is 14.5. The quantitative estimate of drug-likeness (QED) is 0.539. The molecule has 2 heterocycles. The SMILES string of the molecule is CCNC(=NCc1c(C)nn(C)c1C)NCc1ccc(C(N)=O)o1. The first-order chi connectivity index (χ1) is 11.4. The summed E-state index contributed by atoms with van der Waals surface area (Å²) in [5.74, 6) is 0.847. The second-order valence-corrected chi connectivity index (χ2v) is 5.45. The summed E-state index contributed by atoms with van der Waals surface area (Å²) >= 11 is 0. The van der Waals surface area contributed by atoms with E-state index in [0.717, 1.165) is 23.5 Å². The summed E-state index contributed by atoms with van der Waals surface area (Å²) in [4.78, 5) is 15.6. The van der Waals surface area contributed by atoms with Crippen molar-refractivity contribution in [3.8, 4) is 0 Å². The largest absolute Gasteiger partial charge is 0.454 e. The van der Waals surface area contributed by atoms with Crippen molar-refractivity contribution in [2.45, 2.75) is 33.9 Å². The number of nitrogens with two attached hydrogens (primary N) is 1. The van der Waals surface area contributed by atoms with Crippen LogP contribution in [0.25, 0.3) is 0 Å². The molecule has 0 unspecified atom stereocenters. The minimum Gasteiger partial charge on any atom is -0.454 e. The Labute approximate surface area is 141 Å². The minimum atomic E-state index is -0.579. The molecule has 0 saturated heterocycles. The van der Waals surface area contributed by atoms with Crippen LogP contribution >= 0.6 is 0 Å². The highest BCUT2D eigenvalue weighted by atomic mass is 16.3. The average Bonchev–Trinajstić information content (AvgIpc) is 3.09. The van der Waals surface area contributed by atoms with Crippen LogP contribution in [-0.4, -0.2) is 28.2 Å². The number of nitrogens with one attached hydrogen (secondary N) is 2. The number of rotatable bonds is 6. The number of hydrogen-bond acceptors (Lipinski definition) is 4. The second-order valence-electron chi connectivity index (χ2n) is 5.45. The van der Waals surface area contributed by atoms with E-state index in [1.165, 1.54) is 0 Å². The molecule has 0 atom stereocenters. The number of nitrogens with zero attached hydrogens (tertiary/aromatic N) is 3. The summed E-state index contributed by atoms with van der Waals surface area (Å²) in [7, 11) is 1.92. The molecule has 0 aromatic carbocycles. The third-order valence-electron chi connectivity index (χ3n) is 3.73. The van der Waals surface area contributed by atoms with Gasteiger partial charge >= 0.3 is 0 Å². The molecular formula is C16H24N6O2. The van der Waals surface area contributed by atoms with E-state index in [1.54, 1.807) is 12.1 Å². The number of aryl methyl sites for hydroxylation is 2. The van der Waals surface area contributed by atoms with E-state index in [1.807, 2.05) is 32.5 Å². The van der Waals surface area contributed by atoms with Gasteiger partial charge in [-0.25, -0.2) is 4.99 Å². The fourth-order valence-electron chi connectivity index (χ4n) is 2.32. The van der Waals surface area contributed by atoms with Gasteiger partial charge in [0.15, 0.2) is 11.7 Å². The van der Waals surface area contributed by atoms with E-state index >= 15 is 0 Å². The Morgan fingerprint density at radius 2 is 2.12 bits per heavy atom. The molecule has 0 aliphatic carbocycles. The van der Waals surface area contributed by atoms with Gasteiger partial charge in [-0.05, 0) is 32.9 Å². The van der Waals surface area contributed by atoms with E-state index in [-0.39, 0.29) is 5.76 Å². The van der Waals surface area contributed by atoms with Crippen LogP contribution in [0.5, 0.6) is 0 Å². The Bertz CT molecular complexity index is 744. The Morgan fingerprint density at radius 1 is 1.38 bits per heavy atom. The number of primary amides is 1. The lowest BCUT2D eigenvalue weighted by Gasteiger charge is -2.10. The van der Waals surface area contributed by atoms with Crippen LogP contribution < -0.4 is 16.4 Å². The number of aliphatic imine (C=N–C) groups is 1. The van der Waals surface area contributed by atoms with Crippen LogP contribution in [0.1, 0.15) is 40.2 Å². The molecule has 0 saturated carbocycles. The number of carbonyl (C=O) groups excluding carboxylic acids is 1. The fourth-order valence-corrected chi connectivity index (χ4v) is 2.32. The van der Waals surface area contributed by atoms with Gasteiger partial charge in [0.05, 0.1) is 18.8 Å². The predicted molar refractivity (Wildman–Crippen MR) is 91.6 cm³/mol. The van der Waals surface area contributed by atoms with Crippen molar-refractivity contribution in [1.29, 1.82) is 0 Å². The molecule has 8 heteroatoms. The van der Waals surface area contributed by atoms with Crippen LogP contribution in [0.4, 0.5) is 0 Å². The summed E-state index contributed by atoms with van der Waals surface area (Å²) in [6.07, 6.45) is 0. The normalized spacial score (nSPS) is 11.6. The Morgan fingerprint density at radius 3 is 2.67 bits per heavy atom. The van der Waals surface area contributed by atoms with Crippen LogP contribution in [0.3, 0.4) is 0 Å². The molecule has 2 rings (SSSR count). The monoisotopic (exact) mass is 332 g/mol. The molecule has 8 nitrogen and oxygen atoms in total. The van der Waals surface area contributed by atoms with Crippen LogP contribution in [-0.2, 0) is 20.1 Å². The van der Waals surface area contributed by atoms with Gasteiger partial charge in [-0.3, -0.25) is 9.48 Å². The summed E-state index contributed by atoms with van der Waals surface area (Å²) in [6, 6.07) is 3.28. The third-order valence-corrected chi connectivity index (χ3v) is 3.73. The molecule has 4 N–H and O–H groups in total. The van der Waals surface area contributed by atoms with Crippen LogP contribution in [0.15, 0.2) is 21.5 Å². The van der Waals surface area contributed by atoms with Gasteiger partial charge in [-0.2, -0.15) is 5.10 Å². The summed E-state index contributed by atoms with van der Waals surface area (Å²) < 4.78 is 7.20. The van der Waals surface area contributed by atoms with Crippen molar-refractivity contribution in [1.82, 2.24) is 20.4 Å². The van der Waals surface area contributed by atoms with E-state index in [4.69, 9.17) is 10.2 Å². The molecule has 2 aromatic heterocycles. The second kappa shape index (κ2) is 7.67. The number of guanidine groups is 1. The van der Waals surface area contributed by atoms with E-state index < -0.39 is 5.91 Å². The molecule has 0 radical (unpaired) electrons. The van der Waals surface area contributed by atoms with Gasteiger partial charge in [0, 0.05) is 24.8 Å². The van der Waals surface area contributed by atoms with Crippen molar-refractivity contribution >= 4 is 11.9 Å². The molecule has 0 aliphatic heterocycles. The number of aromatic nitrogens is 2. The molecular weight excluding hydrogens is 308 g/mol. The Kier molecular flexibility index (Phi) is 5.62. The molecule has 1 amide bonds. The van der Waals surface area contributed by atoms with Gasteiger partial charge in [0.2, 0.25) is 0 Å². The van der Waals surface area contributed by atoms with Gasteiger partial charge in [0.1, 0.15) is 5.76 Å². The highest BCUT2D eigenvalue weighted by molar-refractivity contribution is 5.89. The Hall–Kier alpha value is -2.77. The maximum Gasteiger partial charge on any atom is 0.284 e. The highest BCUT2D eigenvalue weighted by Crippen LogP contribution is 2.13. The van der Waals surface area contributed by atoms with Crippen LogP contribution in [0, 0.1) is 13.8 Å². The number of amides is 1. The molecule has 0 bridgehead atoms. The number of hydrogen-bond donors (Lipinski definition) is 3. The maximum atomic E-state index is 11.0. The van der Waals surface area contributed by atoms with Crippen molar-refractivity contribution in [2.24, 2.45) is 17.8 Å². The summed E-state index contributed by atoms with van der Waals surface area (Å²) in [5.41, 5.74) is 8.37. The van der Waals surface area contributed by atoms with Gasteiger partial charge in [-0.15, -0.1) is 0 Å². The molecule has 0 spiro atoms. The average molecular weight is 332 g/mol. The number of furan rings is 1. The lowest BCUT2D eigenvalue weighted by molar-refractivity contribution is 0.0972. The molecule has 0 fully saturated rings. The minimum absolute atomic E-state index is 0.148. The first kappa shape index (κ1) is 17.6. The zero-order chi connectivity index (χ0) is 17.7. The maximum absolute atomic E-state index is 11.0. The lowest BCUT2D eigenvalue weighted by atomic mass is 10.2. The van der Waals surface area contributed by atoms with Gasteiger partial charge in [-0.1, -0.05) is 0 Å². The number of carbonyl (C=O) groups is 1. The van der Waals surface area contributed by atoms with Crippen molar-refractivity contribution < 1.29 is 9.21 Å². The Balaban J connectivity index is 2.03. The molecule has 2 aromatic rings. The standard InChI is InChI=1S/C16H24N6O2/c1-5-18-16(19-8-12-6-7-14(24-12)15(17)23)20-9-13-10(2)21-22(4)11(13)3/h6-7H,5,8-9H2,1-4H3,(H2,17,23)(H2,18,19,20). The topological polar surface area (TPSA) is 110 Å². The predicted octanol–water partition coefficient (Wildman–Crippen LogP) is 0.984. The van der Waals surface area contributed by atoms with E-state index in [2.05, 4.69) is 20.7 Å². The van der Waals surface area contributed by atoms with Crippen molar-refractivity contribution in [3.63, 3.8) is 0 Å². The summed E-state index contributed by atoms with van der Waals surface area (Å²) in [6.45, 7) is 7.68. The van der Waals surface area contributed by atoms with Crippen LogP contribution in [0.2, 0.25) is 0 Å². The van der Waals surface area contributed by atoms with Crippen molar-refractivity contribution in [3.05, 3.63) is 40.6 Å². The molecule has 0 aliphatic rings. The first-order valence-electron chi connectivity index (χ1n) is 7.82. The fraction of sp³-hybridized carbons (Fsp3) is 0.438. The smallest absolute Gasteiger partial charge is 0.284 e. The highest BCUT2D eigenvalue weighted by Gasteiger charge is 2.10. The zero-order valence-corrected chi connectivity index (χ0v) is 14.5. The van der Waals surface area contributed by atoms with E-state index in [9.17, 15) is 4.79 Å².